The van der Waals surface area contributed by atoms with Crippen molar-refractivity contribution in [1.82, 2.24) is 0 Å². The lowest BCUT2D eigenvalue weighted by atomic mass is 10.1. The van der Waals surface area contributed by atoms with Gasteiger partial charge in [0.1, 0.15) is 0 Å². The van der Waals surface area contributed by atoms with Gasteiger partial charge >= 0.3 is 6.18 Å². The summed E-state index contributed by atoms with van der Waals surface area (Å²) in [4.78, 5) is 26.5. The van der Waals surface area contributed by atoms with Gasteiger partial charge in [0, 0.05) is 23.5 Å². The van der Waals surface area contributed by atoms with Crippen molar-refractivity contribution in [3.05, 3.63) is 83.3 Å². The second kappa shape index (κ2) is 7.12. The number of benzene rings is 2. The molecule has 1 aliphatic rings. The van der Waals surface area contributed by atoms with Crippen molar-refractivity contribution in [1.29, 1.82) is 0 Å². The minimum Gasteiger partial charge on any atom is -0.459 e. The molecular formula is C21H15F3N2O3. The van der Waals surface area contributed by atoms with Gasteiger partial charge in [0.25, 0.3) is 11.8 Å². The maximum atomic E-state index is 12.8. The summed E-state index contributed by atoms with van der Waals surface area (Å²) >= 11 is 0. The topological polar surface area (TPSA) is 62.6 Å². The number of amides is 2. The number of halogens is 3. The number of hydrogen-bond acceptors (Lipinski definition) is 3. The van der Waals surface area contributed by atoms with Gasteiger partial charge in [-0.3, -0.25) is 9.59 Å². The molecule has 0 bridgehead atoms. The number of carbonyl (C=O) groups excluding carboxylic acids is 2. The van der Waals surface area contributed by atoms with E-state index in [1.165, 1.54) is 18.4 Å². The Kier molecular flexibility index (Phi) is 4.62. The first-order valence-electron chi connectivity index (χ1n) is 8.80. The molecule has 0 fully saturated rings. The molecule has 0 spiro atoms. The quantitative estimate of drug-likeness (QED) is 0.690. The summed E-state index contributed by atoms with van der Waals surface area (Å²) in [6.07, 6.45) is -2.50. The molecule has 4 rings (SSSR count). The fraction of sp³-hybridized carbons (Fsp3) is 0.143. The molecule has 2 amide bonds. The summed E-state index contributed by atoms with van der Waals surface area (Å²) in [5.41, 5.74) is 1.04. The van der Waals surface area contributed by atoms with Crippen molar-refractivity contribution >= 4 is 23.2 Å². The van der Waals surface area contributed by atoms with Crippen LogP contribution in [0.1, 0.15) is 32.0 Å². The van der Waals surface area contributed by atoms with E-state index in [4.69, 9.17) is 4.42 Å². The van der Waals surface area contributed by atoms with E-state index in [0.29, 0.717) is 24.3 Å². The lowest BCUT2D eigenvalue weighted by Gasteiger charge is -2.16. The molecule has 0 atom stereocenters. The fourth-order valence-corrected chi connectivity index (χ4v) is 3.26. The maximum Gasteiger partial charge on any atom is 0.416 e. The van der Waals surface area contributed by atoms with Gasteiger partial charge in [0.15, 0.2) is 5.76 Å². The van der Waals surface area contributed by atoms with E-state index in [1.807, 2.05) is 0 Å². The summed E-state index contributed by atoms with van der Waals surface area (Å²) in [7, 11) is 0. The largest absolute Gasteiger partial charge is 0.459 e. The van der Waals surface area contributed by atoms with E-state index in [-0.39, 0.29) is 17.2 Å². The summed E-state index contributed by atoms with van der Waals surface area (Å²) in [5.74, 6) is -0.660. The van der Waals surface area contributed by atoms with E-state index in [0.717, 1.165) is 17.7 Å². The molecule has 0 saturated heterocycles. The van der Waals surface area contributed by atoms with Crippen molar-refractivity contribution < 1.29 is 27.2 Å². The Morgan fingerprint density at radius 3 is 2.59 bits per heavy atom. The van der Waals surface area contributed by atoms with Crippen LogP contribution in [0.2, 0.25) is 0 Å². The Morgan fingerprint density at radius 2 is 1.86 bits per heavy atom. The fourth-order valence-electron chi connectivity index (χ4n) is 3.26. The zero-order valence-corrected chi connectivity index (χ0v) is 15.0. The van der Waals surface area contributed by atoms with E-state index >= 15 is 0 Å². The van der Waals surface area contributed by atoms with E-state index in [1.54, 1.807) is 35.2 Å². The number of nitrogens with zero attached hydrogens (tertiary/aromatic N) is 1. The number of hydrogen-bond donors (Lipinski definition) is 1. The Bertz CT molecular complexity index is 1080. The van der Waals surface area contributed by atoms with Crippen LogP contribution < -0.4 is 10.2 Å². The van der Waals surface area contributed by atoms with Crippen LogP contribution in [0.5, 0.6) is 0 Å². The van der Waals surface area contributed by atoms with Crippen molar-refractivity contribution in [3.8, 4) is 0 Å². The lowest BCUT2D eigenvalue weighted by Crippen LogP contribution is -2.28. The summed E-state index contributed by atoms with van der Waals surface area (Å²) < 4.78 is 43.7. The number of alkyl halides is 3. The first-order chi connectivity index (χ1) is 13.8. The van der Waals surface area contributed by atoms with Gasteiger partial charge in [-0.15, -0.1) is 0 Å². The van der Waals surface area contributed by atoms with Crippen LogP contribution in [0.25, 0.3) is 0 Å². The van der Waals surface area contributed by atoms with Crippen molar-refractivity contribution in [3.63, 3.8) is 0 Å². The van der Waals surface area contributed by atoms with Crippen LogP contribution in [0.4, 0.5) is 24.5 Å². The minimum absolute atomic E-state index is 0.0880. The zero-order valence-electron chi connectivity index (χ0n) is 15.0. The number of nitrogens with one attached hydrogen (secondary N) is 1. The van der Waals surface area contributed by atoms with Crippen molar-refractivity contribution in [2.24, 2.45) is 0 Å². The molecule has 0 saturated carbocycles. The number of carbonyl (C=O) groups is 2. The molecule has 5 nitrogen and oxygen atoms in total. The summed E-state index contributed by atoms with van der Waals surface area (Å²) in [5, 5.41) is 2.61. The SMILES string of the molecule is O=C(Nc1ccc2c(c1)CCN2C(=O)c1ccco1)c1cccc(C(F)(F)F)c1. The Hall–Kier alpha value is -3.55. The van der Waals surface area contributed by atoms with Crippen LogP contribution in [0.15, 0.2) is 65.3 Å². The molecule has 2 heterocycles. The van der Waals surface area contributed by atoms with Gasteiger partial charge in [-0.2, -0.15) is 13.2 Å². The van der Waals surface area contributed by atoms with E-state index in [9.17, 15) is 22.8 Å². The molecule has 2 aromatic carbocycles. The second-order valence-corrected chi connectivity index (χ2v) is 6.56. The molecule has 148 valence electrons. The van der Waals surface area contributed by atoms with Crippen LogP contribution in [-0.2, 0) is 12.6 Å². The average molecular weight is 400 g/mol. The molecule has 1 aliphatic heterocycles. The van der Waals surface area contributed by atoms with Gasteiger partial charge in [0.05, 0.1) is 11.8 Å². The third kappa shape index (κ3) is 3.73. The molecule has 0 radical (unpaired) electrons. The molecule has 3 aromatic rings. The normalized spacial score (nSPS) is 13.3. The third-order valence-corrected chi connectivity index (χ3v) is 4.66. The number of fused-ring (bicyclic) bond motifs is 1. The van der Waals surface area contributed by atoms with Crippen molar-refractivity contribution in [2.45, 2.75) is 12.6 Å². The van der Waals surface area contributed by atoms with Crippen LogP contribution in [0, 0.1) is 0 Å². The first-order valence-corrected chi connectivity index (χ1v) is 8.80. The monoisotopic (exact) mass is 400 g/mol. The highest BCUT2D eigenvalue weighted by Crippen LogP contribution is 2.32. The predicted octanol–water partition coefficient (Wildman–Crippen LogP) is 4.75. The van der Waals surface area contributed by atoms with E-state index in [2.05, 4.69) is 5.32 Å². The third-order valence-electron chi connectivity index (χ3n) is 4.66. The Labute approximate surface area is 163 Å². The first kappa shape index (κ1) is 18.8. The van der Waals surface area contributed by atoms with Crippen LogP contribution >= 0.6 is 0 Å². The standard InChI is InChI=1S/C21H15F3N2O3/c22-21(23,24)15-4-1-3-14(11-15)19(27)25-16-6-7-17-13(12-16)8-9-26(17)20(28)18-5-2-10-29-18/h1-7,10-12H,8-9H2,(H,25,27). The van der Waals surface area contributed by atoms with Gasteiger partial charge < -0.3 is 14.6 Å². The molecule has 29 heavy (non-hydrogen) atoms. The Morgan fingerprint density at radius 1 is 1.03 bits per heavy atom. The highest BCUT2D eigenvalue weighted by Gasteiger charge is 2.31. The van der Waals surface area contributed by atoms with Crippen LogP contribution in [0.3, 0.4) is 0 Å². The number of rotatable bonds is 3. The molecular weight excluding hydrogens is 385 g/mol. The zero-order chi connectivity index (χ0) is 20.6. The molecule has 1 N–H and O–H groups in total. The molecule has 0 unspecified atom stereocenters. The van der Waals surface area contributed by atoms with Crippen LogP contribution in [-0.4, -0.2) is 18.4 Å². The smallest absolute Gasteiger partial charge is 0.416 e. The van der Waals surface area contributed by atoms with Gasteiger partial charge in [-0.05, 0) is 60.5 Å². The summed E-state index contributed by atoms with van der Waals surface area (Å²) in [6, 6.07) is 12.5. The average Bonchev–Trinajstić information content (AvgIpc) is 3.37. The predicted molar refractivity (Wildman–Crippen MR) is 99.9 cm³/mol. The number of anilines is 2. The Balaban J connectivity index is 1.52. The van der Waals surface area contributed by atoms with Crippen molar-refractivity contribution in [2.75, 3.05) is 16.8 Å². The highest BCUT2D eigenvalue weighted by atomic mass is 19.4. The maximum absolute atomic E-state index is 12.8. The summed E-state index contributed by atoms with van der Waals surface area (Å²) in [6.45, 7) is 0.472. The van der Waals surface area contributed by atoms with Gasteiger partial charge in [0.2, 0.25) is 0 Å². The lowest BCUT2D eigenvalue weighted by molar-refractivity contribution is -0.137. The number of furan rings is 1. The molecule has 0 aliphatic carbocycles. The molecule has 8 heteroatoms. The van der Waals surface area contributed by atoms with E-state index < -0.39 is 17.6 Å². The van der Waals surface area contributed by atoms with Gasteiger partial charge in [-0.25, -0.2) is 0 Å². The molecule has 1 aromatic heterocycles. The second-order valence-electron chi connectivity index (χ2n) is 6.56. The van der Waals surface area contributed by atoms with Gasteiger partial charge in [-0.1, -0.05) is 6.07 Å². The highest BCUT2D eigenvalue weighted by molar-refractivity contribution is 6.07. The minimum atomic E-state index is -4.52.